The number of para-hydroxylation sites is 2. The summed E-state index contributed by atoms with van der Waals surface area (Å²) in [4.78, 5) is 32.2. The summed E-state index contributed by atoms with van der Waals surface area (Å²) in [6.45, 7) is 2.06. The van der Waals surface area contributed by atoms with Crippen molar-refractivity contribution < 1.29 is 28.5 Å². The van der Waals surface area contributed by atoms with Gasteiger partial charge < -0.3 is 23.7 Å². The Balaban J connectivity index is 1.95. The van der Waals surface area contributed by atoms with Crippen LogP contribution in [0.5, 0.6) is 17.2 Å². The molecule has 3 aromatic rings. The van der Waals surface area contributed by atoms with Crippen molar-refractivity contribution in [2.45, 2.75) is 13.0 Å². The van der Waals surface area contributed by atoms with Gasteiger partial charge in [-0.15, -0.1) is 0 Å². The predicted molar refractivity (Wildman–Crippen MR) is 139 cm³/mol. The van der Waals surface area contributed by atoms with E-state index in [9.17, 15) is 9.59 Å². The molecular weight excluding hydrogens is 496 g/mol. The molecule has 2 heterocycles. The molecule has 9 nitrogen and oxygen atoms in total. The van der Waals surface area contributed by atoms with Crippen LogP contribution in [0.1, 0.15) is 24.1 Å². The van der Waals surface area contributed by atoms with Crippen LogP contribution in [0.3, 0.4) is 0 Å². The van der Waals surface area contributed by atoms with Crippen molar-refractivity contribution in [3.05, 3.63) is 84.5 Å². The van der Waals surface area contributed by atoms with Crippen molar-refractivity contribution in [3.63, 3.8) is 0 Å². The normalized spacial score (nSPS) is 15.2. The Bertz CT molecular complexity index is 1520. The Labute approximate surface area is 217 Å². The van der Waals surface area contributed by atoms with E-state index in [2.05, 4.69) is 4.99 Å². The zero-order valence-corrected chi connectivity index (χ0v) is 22.1. The van der Waals surface area contributed by atoms with Crippen LogP contribution in [0.2, 0.25) is 0 Å². The van der Waals surface area contributed by atoms with Gasteiger partial charge in [0.1, 0.15) is 18.4 Å². The average Bonchev–Trinajstić information content (AvgIpc) is 3.21. The molecule has 0 radical (unpaired) electrons. The fourth-order valence-corrected chi connectivity index (χ4v) is 5.27. The van der Waals surface area contributed by atoms with Crippen molar-refractivity contribution in [1.29, 1.82) is 0 Å². The number of carbonyl (C=O) groups excluding carboxylic acids is 1. The molecule has 0 bridgehead atoms. The fraction of sp³-hybridized carbons (Fsp3) is 0.296. The molecule has 1 atom stereocenters. The summed E-state index contributed by atoms with van der Waals surface area (Å²) in [5, 5.41) is 0. The van der Waals surface area contributed by atoms with Gasteiger partial charge in [-0.05, 0) is 25.1 Å². The number of hydrogen-bond donors (Lipinski definition) is 0. The van der Waals surface area contributed by atoms with Gasteiger partial charge in [0.05, 0.1) is 43.7 Å². The van der Waals surface area contributed by atoms with Crippen LogP contribution in [0, 0.1) is 0 Å². The molecule has 1 unspecified atom stereocenters. The monoisotopic (exact) mass is 524 g/mol. The fourth-order valence-electron chi connectivity index (χ4n) is 4.23. The third kappa shape index (κ3) is 5.03. The first-order valence-electron chi connectivity index (χ1n) is 11.5. The van der Waals surface area contributed by atoms with Gasteiger partial charge in [0.25, 0.3) is 5.56 Å². The molecule has 1 aromatic heterocycles. The SMILES string of the molecule is COCCOC(=O)C1=C(C)N=c2sc(=Cc3cccc(OC)c3OC)c(=O)n2C1c1ccccc1OC. The van der Waals surface area contributed by atoms with Crippen LogP contribution >= 0.6 is 11.3 Å². The maximum Gasteiger partial charge on any atom is 0.338 e. The summed E-state index contributed by atoms with van der Waals surface area (Å²) < 4.78 is 28.9. The van der Waals surface area contributed by atoms with Crippen LogP contribution < -0.4 is 29.1 Å². The lowest BCUT2D eigenvalue weighted by molar-refractivity contribution is -0.140. The largest absolute Gasteiger partial charge is 0.496 e. The van der Waals surface area contributed by atoms with Crippen LogP contribution in [0.25, 0.3) is 6.08 Å². The number of fused-ring (bicyclic) bond motifs is 1. The minimum atomic E-state index is -0.795. The van der Waals surface area contributed by atoms with E-state index >= 15 is 0 Å². The van der Waals surface area contributed by atoms with Crippen molar-refractivity contribution in [1.82, 2.24) is 4.57 Å². The van der Waals surface area contributed by atoms with Gasteiger partial charge in [0.2, 0.25) is 0 Å². The molecule has 194 valence electrons. The van der Waals surface area contributed by atoms with Crippen LogP contribution in [-0.4, -0.2) is 52.2 Å². The molecule has 0 amide bonds. The number of methoxy groups -OCH3 is 4. The van der Waals surface area contributed by atoms with E-state index in [1.54, 1.807) is 46.5 Å². The minimum Gasteiger partial charge on any atom is -0.496 e. The predicted octanol–water partition coefficient (Wildman–Crippen LogP) is 2.45. The Kier molecular flexibility index (Phi) is 8.10. The molecule has 0 spiro atoms. The van der Waals surface area contributed by atoms with Gasteiger partial charge in [-0.3, -0.25) is 9.36 Å². The van der Waals surface area contributed by atoms with Crippen molar-refractivity contribution in [3.8, 4) is 17.2 Å². The Hall–Kier alpha value is -3.89. The van der Waals surface area contributed by atoms with Crippen LogP contribution in [-0.2, 0) is 14.3 Å². The smallest absolute Gasteiger partial charge is 0.338 e. The third-order valence-electron chi connectivity index (χ3n) is 5.92. The highest BCUT2D eigenvalue weighted by Crippen LogP contribution is 2.36. The van der Waals surface area contributed by atoms with E-state index < -0.39 is 12.0 Å². The average molecular weight is 525 g/mol. The minimum absolute atomic E-state index is 0.0742. The highest BCUT2D eigenvalue weighted by molar-refractivity contribution is 7.07. The Morgan fingerprint density at radius 1 is 1.00 bits per heavy atom. The van der Waals surface area contributed by atoms with E-state index in [0.717, 1.165) is 0 Å². The number of ether oxygens (including phenoxy) is 5. The number of nitrogens with zero attached hydrogens (tertiary/aromatic N) is 2. The molecule has 37 heavy (non-hydrogen) atoms. The molecule has 4 rings (SSSR count). The van der Waals surface area contributed by atoms with E-state index in [-0.39, 0.29) is 24.3 Å². The summed E-state index contributed by atoms with van der Waals surface area (Å²) in [6.07, 6.45) is 1.74. The van der Waals surface area contributed by atoms with Gasteiger partial charge in [0, 0.05) is 18.2 Å². The number of esters is 1. The number of thiazole rings is 1. The van der Waals surface area contributed by atoms with Gasteiger partial charge >= 0.3 is 5.97 Å². The summed E-state index contributed by atoms with van der Waals surface area (Å²) in [5.41, 5.74) is 1.74. The highest BCUT2D eigenvalue weighted by Gasteiger charge is 2.35. The molecule has 0 aliphatic carbocycles. The van der Waals surface area contributed by atoms with E-state index in [4.69, 9.17) is 23.7 Å². The maximum atomic E-state index is 13.9. The zero-order valence-electron chi connectivity index (χ0n) is 21.3. The molecule has 1 aliphatic heterocycles. The molecule has 0 fully saturated rings. The highest BCUT2D eigenvalue weighted by atomic mass is 32.1. The standard InChI is InChI=1S/C27H28N2O7S/c1-16-22(26(31)36-14-13-32-2)23(18-10-6-7-11-19(18)33-3)29-25(30)21(37-27(29)28-16)15-17-9-8-12-20(34-4)24(17)35-5/h6-12,15,23H,13-14H2,1-5H3. The molecule has 0 N–H and O–H groups in total. The van der Waals surface area contributed by atoms with Crippen LogP contribution in [0.4, 0.5) is 0 Å². The second kappa shape index (κ2) is 11.4. The summed E-state index contributed by atoms with van der Waals surface area (Å²) >= 11 is 1.23. The number of rotatable bonds is 9. The molecule has 10 heteroatoms. The summed E-state index contributed by atoms with van der Waals surface area (Å²) in [7, 11) is 6.17. The third-order valence-corrected chi connectivity index (χ3v) is 6.90. The maximum absolute atomic E-state index is 13.9. The molecule has 2 aromatic carbocycles. The quantitative estimate of drug-likeness (QED) is 0.313. The second-order valence-electron chi connectivity index (χ2n) is 8.04. The molecule has 0 saturated carbocycles. The lowest BCUT2D eigenvalue weighted by atomic mass is 9.95. The van der Waals surface area contributed by atoms with Gasteiger partial charge in [0.15, 0.2) is 16.3 Å². The number of carbonyl (C=O) groups is 1. The van der Waals surface area contributed by atoms with Gasteiger partial charge in [-0.25, -0.2) is 9.79 Å². The van der Waals surface area contributed by atoms with Gasteiger partial charge in [-0.1, -0.05) is 41.7 Å². The van der Waals surface area contributed by atoms with Crippen molar-refractivity contribution in [2.75, 3.05) is 41.7 Å². The number of aromatic nitrogens is 1. The van der Waals surface area contributed by atoms with E-state index in [0.29, 0.717) is 43.4 Å². The molecule has 0 saturated heterocycles. The first-order chi connectivity index (χ1) is 17.9. The van der Waals surface area contributed by atoms with E-state index in [1.165, 1.54) is 23.0 Å². The van der Waals surface area contributed by atoms with E-state index in [1.807, 2.05) is 30.3 Å². The number of allylic oxidation sites excluding steroid dienone is 1. The molecule has 1 aliphatic rings. The Morgan fingerprint density at radius 3 is 2.43 bits per heavy atom. The second-order valence-corrected chi connectivity index (χ2v) is 9.04. The van der Waals surface area contributed by atoms with Crippen molar-refractivity contribution in [2.24, 2.45) is 4.99 Å². The molecular formula is C27H28N2O7S. The lowest BCUT2D eigenvalue weighted by Gasteiger charge is -2.26. The summed E-state index contributed by atoms with van der Waals surface area (Å²) in [6, 6.07) is 11.9. The number of hydrogen-bond acceptors (Lipinski definition) is 9. The van der Waals surface area contributed by atoms with Crippen LogP contribution in [0.15, 0.2) is 63.5 Å². The Morgan fingerprint density at radius 2 is 1.73 bits per heavy atom. The number of benzene rings is 2. The van der Waals surface area contributed by atoms with Gasteiger partial charge in [-0.2, -0.15) is 0 Å². The summed E-state index contributed by atoms with van der Waals surface area (Å²) in [5.74, 6) is 1.02. The topological polar surface area (TPSA) is 97.6 Å². The zero-order chi connectivity index (χ0) is 26.5. The first kappa shape index (κ1) is 26.2. The first-order valence-corrected chi connectivity index (χ1v) is 12.3. The lowest BCUT2D eigenvalue weighted by Crippen LogP contribution is -2.40. The van der Waals surface area contributed by atoms with Crippen molar-refractivity contribution >= 4 is 23.4 Å².